The molecule has 78 valence electrons. The fourth-order valence-corrected chi connectivity index (χ4v) is 1.53. The van der Waals surface area contributed by atoms with Crippen molar-refractivity contribution in [3.63, 3.8) is 0 Å². The Morgan fingerprint density at radius 3 is 2.80 bits per heavy atom. The Bertz CT molecular complexity index is 514. The molecule has 2 N–H and O–H groups in total. The van der Waals surface area contributed by atoms with E-state index in [4.69, 9.17) is 5.73 Å². The lowest BCUT2D eigenvalue weighted by Crippen LogP contribution is -2.11. The van der Waals surface area contributed by atoms with Crippen LogP contribution in [0.2, 0.25) is 0 Å². The Labute approximate surface area is 87.7 Å². The second-order valence-corrected chi connectivity index (χ2v) is 3.81. The molecule has 0 aliphatic rings. The molecule has 0 aliphatic heterocycles. The molecule has 0 radical (unpaired) electrons. The number of nitrogens with zero attached hydrogens (tertiary/aromatic N) is 2. The van der Waals surface area contributed by atoms with E-state index in [1.54, 1.807) is 6.07 Å². The van der Waals surface area contributed by atoms with Gasteiger partial charge in [-0.3, -0.25) is 9.48 Å². The molecule has 4 heteroatoms. The Morgan fingerprint density at radius 2 is 2.20 bits per heavy atom. The standard InChI is InChI=1S/C11H13N3O/c1-7(2)14-6-8-4-3-5-9(11(12)15)10(8)13-14/h3-7H,1-2H3,(H2,12,15). The molecule has 1 aromatic heterocycles. The fraction of sp³-hybridized carbons (Fsp3) is 0.273. The minimum Gasteiger partial charge on any atom is -0.366 e. The number of fused-ring (bicyclic) bond motifs is 1. The van der Waals surface area contributed by atoms with E-state index < -0.39 is 5.91 Å². The number of benzene rings is 1. The molecule has 0 unspecified atom stereocenters. The molecule has 1 aromatic carbocycles. The third-order valence-electron chi connectivity index (χ3n) is 2.35. The van der Waals surface area contributed by atoms with Crippen molar-refractivity contribution in [2.75, 3.05) is 0 Å². The predicted molar refractivity (Wildman–Crippen MR) is 58.6 cm³/mol. The van der Waals surface area contributed by atoms with E-state index in [9.17, 15) is 4.79 Å². The van der Waals surface area contributed by atoms with Gasteiger partial charge in [0.25, 0.3) is 5.91 Å². The third-order valence-corrected chi connectivity index (χ3v) is 2.35. The van der Waals surface area contributed by atoms with Crippen LogP contribution in [0.15, 0.2) is 24.4 Å². The third kappa shape index (κ3) is 1.58. The normalized spacial score (nSPS) is 11.1. The van der Waals surface area contributed by atoms with Crippen LogP contribution in [0.1, 0.15) is 30.2 Å². The molecule has 0 aliphatic carbocycles. The van der Waals surface area contributed by atoms with Gasteiger partial charge in [-0.1, -0.05) is 12.1 Å². The van der Waals surface area contributed by atoms with Gasteiger partial charge in [0.2, 0.25) is 0 Å². The van der Waals surface area contributed by atoms with Crippen molar-refractivity contribution < 1.29 is 4.79 Å². The quantitative estimate of drug-likeness (QED) is 0.807. The van der Waals surface area contributed by atoms with Crippen molar-refractivity contribution in [2.24, 2.45) is 5.73 Å². The van der Waals surface area contributed by atoms with Crippen LogP contribution in [0.25, 0.3) is 10.9 Å². The summed E-state index contributed by atoms with van der Waals surface area (Å²) in [6, 6.07) is 5.71. The second kappa shape index (κ2) is 3.38. The fourth-order valence-electron chi connectivity index (χ4n) is 1.53. The molecule has 1 heterocycles. The molecule has 0 fully saturated rings. The molecule has 0 saturated heterocycles. The molecule has 2 rings (SSSR count). The Kier molecular flexibility index (Phi) is 2.19. The summed E-state index contributed by atoms with van der Waals surface area (Å²) in [7, 11) is 0. The average Bonchev–Trinajstić information content (AvgIpc) is 2.60. The van der Waals surface area contributed by atoms with Gasteiger partial charge < -0.3 is 5.73 Å². The first-order valence-corrected chi connectivity index (χ1v) is 4.87. The van der Waals surface area contributed by atoms with Crippen molar-refractivity contribution in [2.45, 2.75) is 19.9 Å². The Morgan fingerprint density at radius 1 is 1.47 bits per heavy atom. The largest absolute Gasteiger partial charge is 0.366 e. The Hall–Kier alpha value is -1.84. The molecule has 2 aromatic rings. The Balaban J connectivity index is 2.70. The zero-order valence-electron chi connectivity index (χ0n) is 8.77. The predicted octanol–water partition coefficient (Wildman–Crippen LogP) is 1.72. The van der Waals surface area contributed by atoms with Crippen LogP contribution in [0.3, 0.4) is 0 Å². The molecule has 0 saturated carbocycles. The first-order valence-electron chi connectivity index (χ1n) is 4.87. The van der Waals surface area contributed by atoms with Crippen LogP contribution in [-0.4, -0.2) is 15.7 Å². The van der Waals surface area contributed by atoms with Gasteiger partial charge in [0.05, 0.1) is 5.56 Å². The highest BCUT2D eigenvalue weighted by Gasteiger charge is 2.10. The zero-order chi connectivity index (χ0) is 11.0. The minimum absolute atomic E-state index is 0.276. The maximum Gasteiger partial charge on any atom is 0.250 e. The number of amides is 1. The number of primary amides is 1. The van der Waals surface area contributed by atoms with Gasteiger partial charge in [-0.2, -0.15) is 5.10 Å². The molecule has 0 spiro atoms. The van der Waals surface area contributed by atoms with Crippen molar-refractivity contribution >= 4 is 16.8 Å². The first-order chi connectivity index (χ1) is 7.09. The zero-order valence-corrected chi connectivity index (χ0v) is 8.77. The average molecular weight is 203 g/mol. The highest BCUT2D eigenvalue weighted by molar-refractivity contribution is 6.04. The summed E-state index contributed by atoms with van der Waals surface area (Å²) >= 11 is 0. The highest BCUT2D eigenvalue weighted by Crippen LogP contribution is 2.18. The number of nitrogens with two attached hydrogens (primary N) is 1. The van der Waals surface area contributed by atoms with Gasteiger partial charge in [0.1, 0.15) is 5.52 Å². The lowest BCUT2D eigenvalue weighted by molar-refractivity contribution is 0.100. The molecular formula is C11H13N3O. The number of rotatable bonds is 2. The lowest BCUT2D eigenvalue weighted by atomic mass is 10.1. The smallest absolute Gasteiger partial charge is 0.250 e. The molecule has 0 bridgehead atoms. The van der Waals surface area contributed by atoms with Crippen LogP contribution in [-0.2, 0) is 0 Å². The summed E-state index contributed by atoms with van der Waals surface area (Å²) in [4.78, 5) is 11.2. The van der Waals surface area contributed by atoms with E-state index in [0.29, 0.717) is 11.1 Å². The summed E-state index contributed by atoms with van der Waals surface area (Å²) in [6.45, 7) is 4.08. The van der Waals surface area contributed by atoms with Crippen LogP contribution < -0.4 is 5.73 Å². The number of carbonyl (C=O) groups is 1. The molecule has 0 atom stereocenters. The van der Waals surface area contributed by atoms with Gasteiger partial charge in [0.15, 0.2) is 0 Å². The summed E-state index contributed by atoms with van der Waals surface area (Å²) in [5.41, 5.74) is 6.43. The topological polar surface area (TPSA) is 60.9 Å². The van der Waals surface area contributed by atoms with Crippen LogP contribution >= 0.6 is 0 Å². The van der Waals surface area contributed by atoms with Gasteiger partial charge in [-0.05, 0) is 19.9 Å². The molecule has 15 heavy (non-hydrogen) atoms. The van der Waals surface area contributed by atoms with Crippen LogP contribution in [0.5, 0.6) is 0 Å². The maximum atomic E-state index is 11.2. The van der Waals surface area contributed by atoms with E-state index in [1.807, 2.05) is 36.9 Å². The van der Waals surface area contributed by atoms with Crippen LogP contribution in [0.4, 0.5) is 0 Å². The van der Waals surface area contributed by atoms with Crippen molar-refractivity contribution in [1.29, 1.82) is 0 Å². The summed E-state index contributed by atoms with van der Waals surface area (Å²) < 4.78 is 1.83. The summed E-state index contributed by atoms with van der Waals surface area (Å²) in [6.07, 6.45) is 1.92. The summed E-state index contributed by atoms with van der Waals surface area (Å²) in [5, 5.41) is 5.29. The minimum atomic E-state index is -0.436. The summed E-state index contributed by atoms with van der Waals surface area (Å²) in [5.74, 6) is -0.436. The van der Waals surface area contributed by atoms with E-state index in [2.05, 4.69) is 5.10 Å². The lowest BCUT2D eigenvalue weighted by Gasteiger charge is -2.02. The van der Waals surface area contributed by atoms with E-state index in [1.165, 1.54) is 0 Å². The van der Waals surface area contributed by atoms with Crippen molar-refractivity contribution in [3.05, 3.63) is 30.0 Å². The maximum absolute atomic E-state index is 11.2. The first kappa shape index (κ1) is 9.71. The van der Waals surface area contributed by atoms with E-state index in [0.717, 1.165) is 5.39 Å². The van der Waals surface area contributed by atoms with Crippen molar-refractivity contribution in [1.82, 2.24) is 9.78 Å². The highest BCUT2D eigenvalue weighted by atomic mass is 16.1. The molecular weight excluding hydrogens is 190 g/mol. The van der Waals surface area contributed by atoms with Gasteiger partial charge >= 0.3 is 0 Å². The number of hydrogen-bond donors (Lipinski definition) is 1. The SMILES string of the molecule is CC(C)n1cc2cccc(C(N)=O)c2n1. The van der Waals surface area contributed by atoms with Crippen LogP contribution in [0, 0.1) is 0 Å². The molecule has 1 amide bonds. The van der Waals surface area contributed by atoms with Gasteiger partial charge in [-0.25, -0.2) is 0 Å². The number of hydrogen-bond acceptors (Lipinski definition) is 2. The van der Waals surface area contributed by atoms with Gasteiger partial charge in [0, 0.05) is 17.6 Å². The molecule has 4 nitrogen and oxygen atoms in total. The van der Waals surface area contributed by atoms with Crippen molar-refractivity contribution in [3.8, 4) is 0 Å². The van der Waals surface area contributed by atoms with Gasteiger partial charge in [-0.15, -0.1) is 0 Å². The van der Waals surface area contributed by atoms with E-state index in [-0.39, 0.29) is 6.04 Å². The number of aromatic nitrogens is 2. The van der Waals surface area contributed by atoms with E-state index >= 15 is 0 Å². The monoisotopic (exact) mass is 203 g/mol. The second-order valence-electron chi connectivity index (χ2n) is 3.81. The number of carbonyl (C=O) groups excluding carboxylic acids is 1.